The SMILES string of the molecule is NC12CNCCNCC(NCc3ccc([N+](=O)[O-])cc3)(CNCCNC1)CNCCNC2.[Cu+2]. The van der Waals surface area contributed by atoms with Crippen LogP contribution in [-0.4, -0.2) is 94.5 Å². The Morgan fingerprint density at radius 1 is 0.788 bits per heavy atom. The zero-order valence-corrected chi connectivity index (χ0v) is 20.1. The van der Waals surface area contributed by atoms with Crippen LogP contribution in [0.25, 0.3) is 0 Å². The molecule has 0 aliphatic carbocycles. The first-order chi connectivity index (χ1) is 15.5. The normalized spacial score (nSPS) is 28.3. The zero-order valence-electron chi connectivity index (χ0n) is 19.1. The number of nitrogens with one attached hydrogen (secondary N) is 7. The molecule has 0 saturated carbocycles. The summed E-state index contributed by atoms with van der Waals surface area (Å²) in [7, 11) is 0. The molecule has 1 radical (unpaired) electrons. The van der Waals surface area contributed by atoms with Crippen LogP contribution in [0.2, 0.25) is 0 Å². The third-order valence-corrected chi connectivity index (χ3v) is 6.07. The topological polar surface area (TPSA) is 153 Å². The van der Waals surface area contributed by atoms with Gasteiger partial charge in [-0.2, -0.15) is 0 Å². The monoisotopic (exact) mass is 512 g/mol. The summed E-state index contributed by atoms with van der Waals surface area (Å²) < 4.78 is 0. The van der Waals surface area contributed by atoms with Crippen molar-refractivity contribution in [3.63, 3.8) is 0 Å². The summed E-state index contributed by atoms with van der Waals surface area (Å²) in [6, 6.07) is 6.76. The van der Waals surface area contributed by atoms with Crippen LogP contribution in [0, 0.1) is 10.1 Å². The number of nitro groups is 1. The Kier molecular flexibility index (Phi) is 12.1. The molecule has 2 bridgehead atoms. The van der Waals surface area contributed by atoms with Crippen molar-refractivity contribution in [1.82, 2.24) is 37.2 Å². The number of fused-ring (bicyclic) bond motifs is 15. The Morgan fingerprint density at radius 3 is 1.58 bits per heavy atom. The smallest absolute Gasteiger partial charge is 0.322 e. The third-order valence-electron chi connectivity index (χ3n) is 6.07. The maximum Gasteiger partial charge on any atom is 2.00 e. The summed E-state index contributed by atoms with van der Waals surface area (Å²) in [5.74, 6) is 0. The van der Waals surface area contributed by atoms with E-state index in [-0.39, 0.29) is 38.8 Å². The molecule has 1 aromatic carbocycles. The summed E-state index contributed by atoms with van der Waals surface area (Å²) in [6.07, 6.45) is 0. The van der Waals surface area contributed by atoms with E-state index >= 15 is 0 Å². The fourth-order valence-electron chi connectivity index (χ4n) is 4.11. The van der Waals surface area contributed by atoms with Crippen LogP contribution in [0.15, 0.2) is 24.3 Å². The molecule has 0 atom stereocenters. The van der Waals surface area contributed by atoms with Gasteiger partial charge in [0.25, 0.3) is 5.69 Å². The van der Waals surface area contributed by atoms with Crippen LogP contribution in [0.1, 0.15) is 5.56 Å². The van der Waals surface area contributed by atoms with Gasteiger partial charge in [-0.1, -0.05) is 12.1 Å². The molecule has 12 heteroatoms. The van der Waals surface area contributed by atoms with Crippen LogP contribution in [0.3, 0.4) is 0 Å². The fourth-order valence-corrected chi connectivity index (χ4v) is 4.11. The summed E-state index contributed by atoms with van der Waals surface area (Å²) in [4.78, 5) is 10.6. The van der Waals surface area contributed by atoms with Gasteiger partial charge in [-0.25, -0.2) is 0 Å². The molecule has 4 rings (SSSR count). The van der Waals surface area contributed by atoms with Crippen molar-refractivity contribution < 1.29 is 22.0 Å². The van der Waals surface area contributed by atoms with Crippen molar-refractivity contribution in [2.24, 2.45) is 5.73 Å². The van der Waals surface area contributed by atoms with E-state index in [1.807, 2.05) is 12.1 Å². The summed E-state index contributed by atoms with van der Waals surface area (Å²) in [5, 5.41) is 36.0. The van der Waals surface area contributed by atoms with Gasteiger partial charge in [0.2, 0.25) is 0 Å². The molecule has 0 amide bonds. The van der Waals surface area contributed by atoms with Gasteiger partial charge in [-0.15, -0.1) is 0 Å². The minimum Gasteiger partial charge on any atom is -0.322 e. The molecule has 3 fully saturated rings. The van der Waals surface area contributed by atoms with Crippen LogP contribution in [-0.2, 0) is 23.6 Å². The number of hydrogen-bond donors (Lipinski definition) is 8. The number of hydrogen-bond acceptors (Lipinski definition) is 10. The summed E-state index contributed by atoms with van der Waals surface area (Å²) in [6.45, 7) is 10.3. The molecule has 9 N–H and O–H groups in total. The van der Waals surface area contributed by atoms with E-state index in [0.717, 1.165) is 84.1 Å². The van der Waals surface area contributed by atoms with Crippen molar-refractivity contribution in [2.45, 2.75) is 17.6 Å². The van der Waals surface area contributed by atoms with Crippen molar-refractivity contribution in [3.05, 3.63) is 39.9 Å². The molecule has 33 heavy (non-hydrogen) atoms. The molecule has 1 aromatic rings. The Morgan fingerprint density at radius 2 is 1.18 bits per heavy atom. The Bertz CT molecular complexity index is 664. The summed E-state index contributed by atoms with van der Waals surface area (Å²) in [5.41, 5.74) is 7.24. The molecular formula is C21H39CuN9O2+2. The van der Waals surface area contributed by atoms with Crippen molar-refractivity contribution in [2.75, 3.05) is 78.5 Å². The van der Waals surface area contributed by atoms with E-state index in [9.17, 15) is 10.1 Å². The number of nitrogens with two attached hydrogens (primary N) is 1. The molecule has 189 valence electrons. The van der Waals surface area contributed by atoms with Gasteiger partial charge >= 0.3 is 17.1 Å². The fraction of sp³-hybridized carbons (Fsp3) is 0.714. The molecule has 0 spiro atoms. The zero-order chi connectivity index (χ0) is 22.7. The number of benzene rings is 1. The number of non-ortho nitro benzene ring substituents is 1. The maximum atomic E-state index is 10.9. The van der Waals surface area contributed by atoms with Crippen LogP contribution < -0.4 is 43.0 Å². The first-order valence-corrected chi connectivity index (χ1v) is 11.5. The first kappa shape index (κ1) is 28.1. The van der Waals surface area contributed by atoms with Gasteiger partial charge in [0.1, 0.15) is 0 Å². The van der Waals surface area contributed by atoms with E-state index in [2.05, 4.69) is 37.2 Å². The average Bonchev–Trinajstić information content (AvgIpc) is 2.79. The van der Waals surface area contributed by atoms with Gasteiger partial charge < -0.3 is 43.0 Å². The standard InChI is InChI=1S/C21H39N9O2.Cu/c22-20-12-23-5-8-26-15-21(16-27-9-6-24-13-20,17-28-10-7-25-14-20)29-11-18-1-3-19(4-2-18)30(31)32;/h1-4,23-29H,5-17,22H2;/q;+2. The van der Waals surface area contributed by atoms with Crippen molar-refractivity contribution >= 4 is 5.69 Å². The first-order valence-electron chi connectivity index (χ1n) is 11.5. The second kappa shape index (κ2) is 14.3. The van der Waals surface area contributed by atoms with Crippen LogP contribution in [0.4, 0.5) is 5.69 Å². The van der Waals surface area contributed by atoms with E-state index in [1.165, 1.54) is 0 Å². The number of rotatable bonds is 4. The predicted molar refractivity (Wildman–Crippen MR) is 127 cm³/mol. The minimum absolute atomic E-state index is 0. The number of nitro benzene ring substituents is 1. The van der Waals surface area contributed by atoms with Gasteiger partial charge in [-0.3, -0.25) is 10.1 Å². The molecule has 3 saturated heterocycles. The maximum absolute atomic E-state index is 10.9. The minimum atomic E-state index is -0.367. The number of nitrogens with zero attached hydrogens (tertiary/aromatic N) is 1. The molecule has 3 heterocycles. The van der Waals surface area contributed by atoms with Gasteiger partial charge in [0, 0.05) is 97.2 Å². The molecule has 3 aliphatic heterocycles. The molecular weight excluding hydrogens is 474 g/mol. The second-order valence-corrected chi connectivity index (χ2v) is 8.98. The average molecular weight is 513 g/mol. The van der Waals surface area contributed by atoms with Crippen LogP contribution in [0.5, 0.6) is 0 Å². The molecule has 3 aliphatic rings. The van der Waals surface area contributed by atoms with E-state index in [4.69, 9.17) is 5.73 Å². The Hall–Kier alpha value is -1.18. The Balaban J connectivity index is 0.00000385. The summed E-state index contributed by atoms with van der Waals surface area (Å²) >= 11 is 0. The van der Waals surface area contributed by atoms with E-state index < -0.39 is 0 Å². The van der Waals surface area contributed by atoms with Gasteiger partial charge in [0.15, 0.2) is 0 Å². The second-order valence-electron chi connectivity index (χ2n) is 8.98. The Labute approximate surface area is 206 Å². The van der Waals surface area contributed by atoms with E-state index in [0.29, 0.717) is 6.54 Å². The van der Waals surface area contributed by atoms with Crippen LogP contribution >= 0.6 is 0 Å². The molecule has 0 unspecified atom stereocenters. The molecule has 11 nitrogen and oxygen atoms in total. The van der Waals surface area contributed by atoms with Crippen molar-refractivity contribution in [1.29, 1.82) is 0 Å². The largest absolute Gasteiger partial charge is 2.00 e. The third kappa shape index (κ3) is 9.53. The quantitative estimate of drug-likeness (QED) is 0.125. The van der Waals surface area contributed by atoms with Gasteiger partial charge in [-0.05, 0) is 5.56 Å². The predicted octanol–water partition coefficient (Wildman–Crippen LogP) is -2.32. The molecule has 0 aromatic heterocycles. The van der Waals surface area contributed by atoms with Gasteiger partial charge in [0.05, 0.1) is 16.0 Å². The van der Waals surface area contributed by atoms with E-state index in [1.54, 1.807) is 12.1 Å². The van der Waals surface area contributed by atoms with Crippen molar-refractivity contribution in [3.8, 4) is 0 Å².